The highest BCUT2D eigenvalue weighted by molar-refractivity contribution is 6.02. The number of nitrogens with one attached hydrogen (secondary N) is 1. The number of fused-ring (bicyclic) bond motifs is 1. The van der Waals surface area contributed by atoms with Crippen LogP contribution in [-0.4, -0.2) is 33.6 Å². The number of hydrogen-bond donors (Lipinski definition) is 1. The van der Waals surface area contributed by atoms with Gasteiger partial charge in [0, 0.05) is 12.3 Å². The largest absolute Gasteiger partial charge is 0.486 e. The van der Waals surface area contributed by atoms with E-state index in [0.717, 1.165) is 11.5 Å². The molecule has 2 aromatic heterocycles. The molecule has 8 heteroatoms. The van der Waals surface area contributed by atoms with Gasteiger partial charge in [0.05, 0.1) is 18.4 Å². The molecule has 128 valence electrons. The predicted octanol–water partition coefficient (Wildman–Crippen LogP) is 2.27. The minimum absolute atomic E-state index is 0.156. The summed E-state index contributed by atoms with van der Waals surface area (Å²) in [6.07, 6.45) is 3.15. The van der Waals surface area contributed by atoms with E-state index in [-0.39, 0.29) is 17.7 Å². The molecule has 0 saturated carbocycles. The second-order valence-electron chi connectivity index (χ2n) is 5.73. The lowest BCUT2D eigenvalue weighted by Gasteiger charge is -2.26. The van der Waals surface area contributed by atoms with Crippen molar-refractivity contribution in [2.45, 2.75) is 19.6 Å². The summed E-state index contributed by atoms with van der Waals surface area (Å²) in [6, 6.07) is 9.12. The number of rotatable bonds is 4. The molecule has 4 rings (SSSR count). The standard InChI is InChI=1S/C17H16N4O4/c1-11-6-14(20-25-11)17(22)19-12-7-18-21(8-12)9-13-10-23-15-4-2-3-5-16(15)24-13/h2-8,13H,9-10H2,1H3,(H,19,22). The number of carbonyl (C=O) groups is 1. The Kier molecular flexibility index (Phi) is 3.85. The highest BCUT2D eigenvalue weighted by Gasteiger charge is 2.21. The van der Waals surface area contributed by atoms with Crippen molar-refractivity contribution in [3.8, 4) is 11.5 Å². The van der Waals surface area contributed by atoms with Gasteiger partial charge in [-0.25, -0.2) is 0 Å². The first kappa shape index (κ1) is 15.3. The average Bonchev–Trinajstić information content (AvgIpc) is 3.24. The lowest BCUT2D eigenvalue weighted by Crippen LogP contribution is -2.33. The van der Waals surface area contributed by atoms with E-state index in [2.05, 4.69) is 15.6 Å². The van der Waals surface area contributed by atoms with E-state index in [9.17, 15) is 4.79 Å². The molecule has 3 aromatic rings. The van der Waals surface area contributed by atoms with Gasteiger partial charge in [-0.2, -0.15) is 5.10 Å². The molecule has 0 fully saturated rings. The summed E-state index contributed by atoms with van der Waals surface area (Å²) < 4.78 is 18.2. The molecule has 1 unspecified atom stereocenters. The van der Waals surface area contributed by atoms with Gasteiger partial charge in [-0.3, -0.25) is 9.48 Å². The SMILES string of the molecule is Cc1cc(C(=O)Nc2cnn(CC3COc4ccccc4O3)c2)no1. The van der Waals surface area contributed by atoms with E-state index < -0.39 is 0 Å². The van der Waals surface area contributed by atoms with Gasteiger partial charge in [0.2, 0.25) is 0 Å². The highest BCUT2D eigenvalue weighted by atomic mass is 16.6. The molecule has 8 nitrogen and oxygen atoms in total. The Balaban J connectivity index is 1.38. The quantitative estimate of drug-likeness (QED) is 0.783. The maximum Gasteiger partial charge on any atom is 0.277 e. The third kappa shape index (κ3) is 3.32. The summed E-state index contributed by atoms with van der Waals surface area (Å²) in [7, 11) is 0. The molecule has 1 N–H and O–H groups in total. The Morgan fingerprint density at radius 1 is 1.36 bits per heavy atom. The number of para-hydroxylation sites is 2. The fourth-order valence-corrected chi connectivity index (χ4v) is 2.56. The van der Waals surface area contributed by atoms with E-state index in [1.807, 2.05) is 24.3 Å². The summed E-state index contributed by atoms with van der Waals surface area (Å²) in [5.41, 5.74) is 0.800. The van der Waals surface area contributed by atoms with Gasteiger partial charge in [0.25, 0.3) is 5.91 Å². The Labute approximate surface area is 143 Å². The van der Waals surface area contributed by atoms with E-state index in [4.69, 9.17) is 14.0 Å². The van der Waals surface area contributed by atoms with Gasteiger partial charge < -0.3 is 19.3 Å². The van der Waals surface area contributed by atoms with Crippen LogP contribution in [0.5, 0.6) is 11.5 Å². The fraction of sp³-hybridized carbons (Fsp3) is 0.235. The molecule has 25 heavy (non-hydrogen) atoms. The fourth-order valence-electron chi connectivity index (χ4n) is 2.56. The van der Waals surface area contributed by atoms with Crippen molar-refractivity contribution < 1.29 is 18.8 Å². The van der Waals surface area contributed by atoms with Gasteiger partial charge in [-0.1, -0.05) is 17.3 Å². The number of nitrogens with zero attached hydrogens (tertiary/aromatic N) is 3. The van der Waals surface area contributed by atoms with Crippen LogP contribution in [0.25, 0.3) is 0 Å². The monoisotopic (exact) mass is 340 g/mol. The van der Waals surface area contributed by atoms with Gasteiger partial charge in [-0.05, 0) is 19.1 Å². The Bertz CT molecular complexity index is 901. The van der Waals surface area contributed by atoms with Crippen LogP contribution in [-0.2, 0) is 6.54 Å². The summed E-state index contributed by atoms with van der Waals surface area (Å²) in [5, 5.41) is 10.7. The number of anilines is 1. The lowest BCUT2D eigenvalue weighted by atomic mass is 10.2. The van der Waals surface area contributed by atoms with Gasteiger partial charge >= 0.3 is 0 Å². The van der Waals surface area contributed by atoms with Crippen LogP contribution in [0.1, 0.15) is 16.2 Å². The second kappa shape index (κ2) is 6.31. The number of aromatic nitrogens is 3. The Morgan fingerprint density at radius 2 is 2.20 bits per heavy atom. The van der Waals surface area contributed by atoms with Crippen molar-refractivity contribution >= 4 is 11.6 Å². The Morgan fingerprint density at radius 3 is 3.00 bits per heavy atom. The number of amides is 1. The predicted molar refractivity (Wildman–Crippen MR) is 87.8 cm³/mol. The van der Waals surface area contributed by atoms with Crippen molar-refractivity contribution in [3.05, 3.63) is 54.2 Å². The maximum absolute atomic E-state index is 12.0. The van der Waals surface area contributed by atoms with Crippen LogP contribution in [0.3, 0.4) is 0 Å². The smallest absolute Gasteiger partial charge is 0.277 e. The van der Waals surface area contributed by atoms with Gasteiger partial charge in [-0.15, -0.1) is 0 Å². The molecular formula is C17H16N4O4. The topological polar surface area (TPSA) is 91.4 Å². The number of ether oxygens (including phenoxy) is 2. The zero-order valence-corrected chi connectivity index (χ0v) is 13.5. The molecule has 1 atom stereocenters. The molecule has 0 bridgehead atoms. The van der Waals surface area contributed by atoms with Gasteiger partial charge in [0.15, 0.2) is 23.3 Å². The first-order chi connectivity index (χ1) is 12.2. The second-order valence-corrected chi connectivity index (χ2v) is 5.73. The summed E-state index contributed by atoms with van der Waals surface area (Å²) in [4.78, 5) is 12.0. The van der Waals surface area contributed by atoms with Crippen LogP contribution in [0.4, 0.5) is 5.69 Å². The maximum atomic E-state index is 12.0. The van der Waals surface area contributed by atoms with Gasteiger partial charge in [0.1, 0.15) is 12.4 Å². The molecule has 0 aliphatic carbocycles. The van der Waals surface area contributed by atoms with Crippen molar-refractivity contribution in [2.24, 2.45) is 0 Å². The summed E-state index contributed by atoms with van der Waals surface area (Å²) in [6.45, 7) is 2.68. The van der Waals surface area contributed by atoms with Crippen LogP contribution >= 0.6 is 0 Å². The van der Waals surface area contributed by atoms with Crippen LogP contribution in [0, 0.1) is 6.92 Å². The normalized spacial score (nSPS) is 15.8. The van der Waals surface area contributed by atoms with Crippen molar-refractivity contribution in [3.63, 3.8) is 0 Å². The number of benzene rings is 1. The van der Waals surface area contributed by atoms with Crippen molar-refractivity contribution in [2.75, 3.05) is 11.9 Å². The molecule has 0 radical (unpaired) electrons. The number of carbonyl (C=O) groups excluding carboxylic acids is 1. The molecule has 0 spiro atoms. The third-order valence-electron chi connectivity index (χ3n) is 3.71. The first-order valence-electron chi connectivity index (χ1n) is 7.83. The number of hydrogen-bond acceptors (Lipinski definition) is 6. The first-order valence-corrected chi connectivity index (χ1v) is 7.83. The minimum atomic E-state index is -0.345. The van der Waals surface area contributed by atoms with Crippen LogP contribution in [0.2, 0.25) is 0 Å². The number of aryl methyl sites for hydroxylation is 1. The van der Waals surface area contributed by atoms with Crippen molar-refractivity contribution in [1.82, 2.24) is 14.9 Å². The van der Waals surface area contributed by atoms with E-state index in [1.165, 1.54) is 0 Å². The van der Waals surface area contributed by atoms with Crippen molar-refractivity contribution in [1.29, 1.82) is 0 Å². The average molecular weight is 340 g/mol. The minimum Gasteiger partial charge on any atom is -0.486 e. The van der Waals surface area contributed by atoms with Crippen LogP contribution in [0.15, 0.2) is 47.2 Å². The molecule has 1 aliphatic rings. The zero-order chi connectivity index (χ0) is 17.2. The molecule has 1 amide bonds. The summed E-state index contributed by atoms with van der Waals surface area (Å²) >= 11 is 0. The molecule has 3 heterocycles. The van der Waals surface area contributed by atoms with Crippen LogP contribution < -0.4 is 14.8 Å². The lowest BCUT2D eigenvalue weighted by molar-refractivity contribution is 0.0759. The molecule has 0 saturated heterocycles. The van der Waals surface area contributed by atoms with E-state index in [1.54, 1.807) is 30.1 Å². The van der Waals surface area contributed by atoms with E-state index in [0.29, 0.717) is 24.6 Å². The molecule has 1 aliphatic heterocycles. The molecular weight excluding hydrogens is 324 g/mol. The molecule has 1 aromatic carbocycles. The summed E-state index contributed by atoms with van der Waals surface area (Å²) in [5.74, 6) is 1.70. The zero-order valence-electron chi connectivity index (χ0n) is 13.5. The Hall–Kier alpha value is -3.29. The van der Waals surface area contributed by atoms with E-state index >= 15 is 0 Å². The highest BCUT2D eigenvalue weighted by Crippen LogP contribution is 2.31. The third-order valence-corrected chi connectivity index (χ3v) is 3.71.